The monoisotopic (exact) mass is 376 g/mol. The van der Waals surface area contributed by atoms with Crippen molar-refractivity contribution in [2.45, 2.75) is 6.42 Å². The number of hydrogen-bond acceptors (Lipinski definition) is 4. The van der Waals surface area contributed by atoms with Crippen LogP contribution in [0.25, 0.3) is 10.8 Å². The van der Waals surface area contributed by atoms with Gasteiger partial charge in [0.25, 0.3) is 0 Å². The molecule has 5 heteroatoms. The molecule has 0 aromatic heterocycles. The number of esters is 1. The van der Waals surface area contributed by atoms with Gasteiger partial charge in [-0.15, -0.1) is 0 Å². The van der Waals surface area contributed by atoms with E-state index in [0.29, 0.717) is 17.7 Å². The predicted molar refractivity (Wildman–Crippen MR) is 113 cm³/mol. The predicted octanol–water partition coefficient (Wildman–Crippen LogP) is 4.45. The number of hydrogen-bond donors (Lipinski definition) is 0. The van der Waals surface area contributed by atoms with Crippen molar-refractivity contribution in [2.75, 3.05) is 28.3 Å². The highest BCUT2D eigenvalue weighted by molar-refractivity contribution is 6.07. The first-order chi connectivity index (χ1) is 13.5. The van der Waals surface area contributed by atoms with Crippen LogP contribution in [0.1, 0.15) is 21.5 Å². The second kappa shape index (κ2) is 8.57. The van der Waals surface area contributed by atoms with Gasteiger partial charge in [0.15, 0.2) is 0 Å². The fraction of sp³-hybridized carbons (Fsp3) is 0.217. The van der Waals surface area contributed by atoms with Gasteiger partial charge >= 0.3 is 5.97 Å². The molecule has 0 aliphatic rings. The molecule has 0 saturated heterocycles. The summed E-state index contributed by atoms with van der Waals surface area (Å²) in [6.07, 6.45) is 2.38. The minimum absolute atomic E-state index is 0.396. The van der Waals surface area contributed by atoms with Gasteiger partial charge in [0.1, 0.15) is 5.75 Å². The summed E-state index contributed by atoms with van der Waals surface area (Å²) in [6.45, 7) is 0. The van der Waals surface area contributed by atoms with Gasteiger partial charge in [-0.3, -0.25) is 0 Å². The molecule has 0 fully saturated rings. The largest absolute Gasteiger partial charge is 0.497 e. The number of rotatable bonds is 6. The number of carbonyl (C=O) groups is 1. The van der Waals surface area contributed by atoms with Gasteiger partial charge in [-0.2, -0.15) is 0 Å². The molecule has 3 aromatic carbocycles. The molecule has 0 spiro atoms. The lowest BCUT2D eigenvalue weighted by Crippen LogP contribution is -2.08. The van der Waals surface area contributed by atoms with Gasteiger partial charge in [-0.05, 0) is 41.1 Å². The molecule has 0 amide bonds. The second-order valence-electron chi connectivity index (χ2n) is 6.70. The molecule has 144 valence electrons. The van der Waals surface area contributed by atoms with Gasteiger partial charge in [0, 0.05) is 19.5 Å². The minimum atomic E-state index is -0.396. The topological polar surface area (TPSA) is 51.1 Å². The van der Waals surface area contributed by atoms with Crippen molar-refractivity contribution in [3.05, 3.63) is 71.3 Å². The molecule has 3 aromatic rings. The summed E-state index contributed by atoms with van der Waals surface area (Å²) in [7, 11) is 6.82. The van der Waals surface area contributed by atoms with Crippen LogP contribution in [0, 0.1) is 0 Å². The first-order valence-corrected chi connectivity index (χ1v) is 9.00. The lowest BCUT2D eigenvalue weighted by Gasteiger charge is -2.14. The average Bonchev–Trinajstić information content (AvgIpc) is 2.72. The number of carbonyl (C=O) groups excluding carboxylic acids is 1. The van der Waals surface area contributed by atoms with E-state index in [0.717, 1.165) is 27.6 Å². The van der Waals surface area contributed by atoms with Crippen molar-refractivity contribution in [1.29, 1.82) is 0 Å². The third kappa shape index (κ3) is 4.14. The van der Waals surface area contributed by atoms with Crippen LogP contribution in [-0.2, 0) is 11.2 Å². The van der Waals surface area contributed by atoms with Crippen molar-refractivity contribution in [3.8, 4) is 5.75 Å². The summed E-state index contributed by atoms with van der Waals surface area (Å²) in [4.78, 5) is 18.9. The van der Waals surface area contributed by atoms with E-state index >= 15 is 0 Å². The Morgan fingerprint density at radius 2 is 1.71 bits per heavy atom. The summed E-state index contributed by atoms with van der Waals surface area (Å²) in [5.41, 5.74) is 3.26. The molecule has 0 N–H and O–H groups in total. The molecule has 0 aliphatic carbocycles. The molecular weight excluding hydrogens is 352 g/mol. The fourth-order valence-electron chi connectivity index (χ4n) is 3.12. The molecular formula is C23H24N2O3. The van der Waals surface area contributed by atoms with Crippen LogP contribution in [0.3, 0.4) is 0 Å². The van der Waals surface area contributed by atoms with E-state index in [-0.39, 0.29) is 0 Å². The average molecular weight is 376 g/mol. The molecule has 0 saturated carbocycles. The van der Waals surface area contributed by atoms with Crippen LogP contribution in [0.2, 0.25) is 0 Å². The Bertz CT molecular complexity index is 1010. The third-order valence-corrected chi connectivity index (χ3v) is 4.48. The van der Waals surface area contributed by atoms with E-state index in [4.69, 9.17) is 9.47 Å². The van der Waals surface area contributed by atoms with E-state index in [1.165, 1.54) is 7.11 Å². The number of nitrogens with zero attached hydrogens (tertiary/aromatic N) is 2. The summed E-state index contributed by atoms with van der Waals surface area (Å²) in [5.74, 6) is 0.421. The van der Waals surface area contributed by atoms with Crippen molar-refractivity contribution < 1.29 is 14.3 Å². The van der Waals surface area contributed by atoms with E-state index in [2.05, 4.69) is 11.1 Å². The molecule has 3 rings (SSSR count). The Morgan fingerprint density at radius 3 is 2.32 bits per heavy atom. The summed E-state index contributed by atoms with van der Waals surface area (Å²) < 4.78 is 10.3. The van der Waals surface area contributed by atoms with Crippen molar-refractivity contribution >= 4 is 28.8 Å². The first kappa shape index (κ1) is 19.4. The maximum atomic E-state index is 12.5. The maximum Gasteiger partial charge on any atom is 0.340 e. The quantitative estimate of drug-likeness (QED) is 0.362. The van der Waals surface area contributed by atoms with Crippen LogP contribution in [0.15, 0.2) is 59.6 Å². The minimum Gasteiger partial charge on any atom is -0.497 e. The van der Waals surface area contributed by atoms with Gasteiger partial charge < -0.3 is 14.4 Å². The molecule has 0 unspecified atom stereocenters. The Labute approximate surface area is 165 Å². The molecule has 0 heterocycles. The molecule has 0 atom stereocenters. The molecule has 28 heavy (non-hydrogen) atoms. The lowest BCUT2D eigenvalue weighted by atomic mass is 9.94. The normalized spacial score (nSPS) is 11.0. The highest BCUT2D eigenvalue weighted by atomic mass is 16.5. The fourth-order valence-corrected chi connectivity index (χ4v) is 3.12. The SMILES string of the molecule is COC(=O)c1cc(Cc2ccc(OC)cc2)c2ccccc2c1N=CN(C)C. The summed E-state index contributed by atoms with van der Waals surface area (Å²) in [5, 5.41) is 1.99. The van der Waals surface area contributed by atoms with Crippen molar-refractivity contribution in [1.82, 2.24) is 4.90 Å². The Morgan fingerprint density at radius 1 is 1.04 bits per heavy atom. The van der Waals surface area contributed by atoms with Crippen LogP contribution in [0.4, 0.5) is 5.69 Å². The molecule has 0 radical (unpaired) electrons. The third-order valence-electron chi connectivity index (χ3n) is 4.48. The first-order valence-electron chi connectivity index (χ1n) is 9.00. The summed E-state index contributed by atoms with van der Waals surface area (Å²) >= 11 is 0. The number of benzene rings is 3. The van der Waals surface area contributed by atoms with Crippen molar-refractivity contribution in [3.63, 3.8) is 0 Å². The second-order valence-corrected chi connectivity index (χ2v) is 6.70. The van der Waals surface area contributed by atoms with E-state index in [1.807, 2.05) is 67.5 Å². The highest BCUT2D eigenvalue weighted by Crippen LogP contribution is 2.34. The maximum absolute atomic E-state index is 12.5. The standard InChI is InChI=1S/C23H24N2O3/c1-25(2)15-24-22-20-8-6-5-7-19(20)17(14-21(22)23(26)28-4)13-16-9-11-18(27-3)12-10-16/h5-12,14-15H,13H2,1-4H3. The number of fused-ring (bicyclic) bond motifs is 1. The number of aliphatic imine (C=N–C) groups is 1. The van der Waals surface area contributed by atoms with Gasteiger partial charge in [0.05, 0.1) is 31.8 Å². The smallest absolute Gasteiger partial charge is 0.340 e. The molecule has 0 aliphatic heterocycles. The Balaban J connectivity index is 2.17. The van der Waals surface area contributed by atoms with E-state index in [1.54, 1.807) is 13.4 Å². The zero-order valence-electron chi connectivity index (χ0n) is 16.6. The molecule has 0 bridgehead atoms. The van der Waals surface area contributed by atoms with Crippen LogP contribution in [-0.4, -0.2) is 45.5 Å². The number of methoxy groups -OCH3 is 2. The van der Waals surface area contributed by atoms with Crippen LogP contribution >= 0.6 is 0 Å². The van der Waals surface area contributed by atoms with Gasteiger partial charge in [0.2, 0.25) is 0 Å². The highest BCUT2D eigenvalue weighted by Gasteiger charge is 2.18. The van der Waals surface area contributed by atoms with Crippen LogP contribution < -0.4 is 4.74 Å². The van der Waals surface area contributed by atoms with Crippen molar-refractivity contribution in [2.24, 2.45) is 4.99 Å². The zero-order chi connectivity index (χ0) is 20.1. The van der Waals surface area contributed by atoms with E-state index in [9.17, 15) is 4.79 Å². The zero-order valence-corrected chi connectivity index (χ0v) is 16.6. The van der Waals surface area contributed by atoms with Gasteiger partial charge in [-0.1, -0.05) is 36.4 Å². The Hall–Kier alpha value is -3.34. The Kier molecular flexibility index (Phi) is 5.94. The van der Waals surface area contributed by atoms with E-state index < -0.39 is 5.97 Å². The van der Waals surface area contributed by atoms with Gasteiger partial charge in [-0.25, -0.2) is 9.79 Å². The summed E-state index contributed by atoms with van der Waals surface area (Å²) in [6, 6.07) is 17.8. The van der Waals surface area contributed by atoms with Crippen LogP contribution in [0.5, 0.6) is 5.75 Å². The lowest BCUT2D eigenvalue weighted by molar-refractivity contribution is 0.0602. The molecule has 5 nitrogen and oxygen atoms in total. The number of ether oxygens (including phenoxy) is 2.